The second-order valence-corrected chi connectivity index (χ2v) is 5.95. The molecule has 0 saturated carbocycles. The normalized spacial score (nSPS) is 16.3. The van der Waals surface area contributed by atoms with Gasteiger partial charge in [-0.2, -0.15) is 0 Å². The van der Waals surface area contributed by atoms with E-state index in [0.717, 1.165) is 44.1 Å². The number of hydrogen-bond acceptors (Lipinski definition) is 4. The van der Waals surface area contributed by atoms with Gasteiger partial charge in [-0.05, 0) is 32.0 Å². The zero-order valence-electron chi connectivity index (χ0n) is 14.3. The van der Waals surface area contributed by atoms with Crippen LogP contribution in [0.1, 0.15) is 26.3 Å². The van der Waals surface area contributed by atoms with Gasteiger partial charge in [0.15, 0.2) is 5.96 Å². The van der Waals surface area contributed by atoms with Crippen LogP contribution >= 0.6 is 24.0 Å². The summed E-state index contributed by atoms with van der Waals surface area (Å²) in [5.41, 5.74) is 6.87. The Morgan fingerprint density at radius 1 is 1.30 bits per heavy atom. The van der Waals surface area contributed by atoms with E-state index in [0.29, 0.717) is 18.5 Å². The van der Waals surface area contributed by atoms with Gasteiger partial charge in [-0.15, -0.1) is 24.0 Å². The molecular weight excluding hydrogens is 403 g/mol. The molecule has 130 valence electrons. The minimum absolute atomic E-state index is 0. The van der Waals surface area contributed by atoms with Crippen molar-refractivity contribution in [3.8, 4) is 0 Å². The van der Waals surface area contributed by atoms with Crippen LogP contribution in [0.2, 0.25) is 0 Å². The molecule has 1 aliphatic rings. The monoisotopic (exact) mass is 432 g/mol. The number of guanidine groups is 1. The number of halogens is 1. The number of nitrogens with zero attached hydrogens (tertiary/aromatic N) is 4. The van der Waals surface area contributed by atoms with Crippen molar-refractivity contribution in [3.05, 3.63) is 23.9 Å². The van der Waals surface area contributed by atoms with E-state index in [9.17, 15) is 0 Å². The molecule has 0 radical (unpaired) electrons. The summed E-state index contributed by atoms with van der Waals surface area (Å²) in [6, 6.07) is 4.46. The topological polar surface area (TPSA) is 69.8 Å². The first-order chi connectivity index (χ1) is 10.6. The Hall–Kier alpha value is -1.09. The Bertz CT molecular complexity index is 480. The maximum atomic E-state index is 5.80. The molecule has 0 aliphatic carbocycles. The van der Waals surface area contributed by atoms with Gasteiger partial charge in [0, 0.05) is 38.4 Å². The van der Waals surface area contributed by atoms with Crippen molar-refractivity contribution in [2.45, 2.75) is 33.4 Å². The van der Waals surface area contributed by atoms with E-state index in [2.05, 4.69) is 44.1 Å². The maximum Gasteiger partial charge on any atom is 0.189 e. The summed E-state index contributed by atoms with van der Waals surface area (Å²) in [5.74, 6) is 1.53. The second-order valence-electron chi connectivity index (χ2n) is 5.95. The van der Waals surface area contributed by atoms with Gasteiger partial charge in [0.25, 0.3) is 0 Å². The van der Waals surface area contributed by atoms with Crippen molar-refractivity contribution in [2.75, 3.05) is 37.6 Å². The van der Waals surface area contributed by atoms with Gasteiger partial charge in [-0.25, -0.2) is 9.98 Å². The molecular formula is C16H29IN6. The fraction of sp³-hybridized carbons (Fsp3) is 0.625. The molecule has 0 aromatic carbocycles. The fourth-order valence-electron chi connectivity index (χ4n) is 2.51. The minimum Gasteiger partial charge on any atom is -0.370 e. The molecule has 0 unspecified atom stereocenters. The van der Waals surface area contributed by atoms with E-state index in [4.69, 9.17) is 5.73 Å². The molecule has 1 aromatic heterocycles. The van der Waals surface area contributed by atoms with Crippen LogP contribution in [0.4, 0.5) is 5.82 Å². The molecule has 3 N–H and O–H groups in total. The largest absolute Gasteiger partial charge is 0.370 e. The number of nitrogens with two attached hydrogens (primary N) is 1. The van der Waals surface area contributed by atoms with E-state index in [1.54, 1.807) is 0 Å². The van der Waals surface area contributed by atoms with E-state index >= 15 is 0 Å². The van der Waals surface area contributed by atoms with Crippen LogP contribution in [0, 0.1) is 0 Å². The third-order valence-electron chi connectivity index (χ3n) is 3.82. The summed E-state index contributed by atoms with van der Waals surface area (Å²) < 4.78 is 0. The molecule has 1 fully saturated rings. The molecule has 1 aliphatic heterocycles. The van der Waals surface area contributed by atoms with E-state index in [-0.39, 0.29) is 24.0 Å². The maximum absolute atomic E-state index is 5.80. The van der Waals surface area contributed by atoms with Gasteiger partial charge < -0.3 is 20.9 Å². The number of aromatic nitrogens is 1. The fourth-order valence-corrected chi connectivity index (χ4v) is 2.51. The molecule has 6 nitrogen and oxygen atoms in total. The lowest BCUT2D eigenvalue weighted by atomic mass is 10.2. The molecule has 0 spiro atoms. The number of rotatable bonds is 5. The summed E-state index contributed by atoms with van der Waals surface area (Å²) in [5, 5.41) is 3.08. The highest BCUT2D eigenvalue weighted by molar-refractivity contribution is 14.0. The highest BCUT2D eigenvalue weighted by atomic mass is 127. The number of anilines is 1. The van der Waals surface area contributed by atoms with Crippen LogP contribution in [0.15, 0.2) is 23.3 Å². The SMILES string of the molecule is CCN1CCN(c2ccc(CN=C(N)NC(C)C)cn2)CC1.I. The van der Waals surface area contributed by atoms with Gasteiger partial charge in [-0.1, -0.05) is 13.0 Å². The third-order valence-corrected chi connectivity index (χ3v) is 3.82. The molecule has 2 heterocycles. The number of nitrogens with one attached hydrogen (secondary N) is 1. The first-order valence-corrected chi connectivity index (χ1v) is 8.07. The zero-order valence-corrected chi connectivity index (χ0v) is 16.7. The predicted octanol–water partition coefficient (Wildman–Crippen LogP) is 1.65. The Morgan fingerprint density at radius 2 is 2.00 bits per heavy atom. The average molecular weight is 432 g/mol. The van der Waals surface area contributed by atoms with Crippen LogP contribution in [0.3, 0.4) is 0 Å². The Kier molecular flexibility index (Phi) is 8.60. The summed E-state index contributed by atoms with van der Waals surface area (Å²) in [6.07, 6.45) is 1.90. The Morgan fingerprint density at radius 3 is 2.52 bits per heavy atom. The lowest BCUT2D eigenvalue weighted by Gasteiger charge is -2.34. The van der Waals surface area contributed by atoms with Crippen molar-refractivity contribution in [1.29, 1.82) is 0 Å². The molecule has 1 aromatic rings. The minimum atomic E-state index is 0. The van der Waals surface area contributed by atoms with Crippen molar-refractivity contribution >= 4 is 35.8 Å². The first-order valence-electron chi connectivity index (χ1n) is 8.07. The lowest BCUT2D eigenvalue weighted by molar-refractivity contribution is 0.270. The van der Waals surface area contributed by atoms with E-state index in [1.807, 2.05) is 20.0 Å². The number of aliphatic imine (C=N–C) groups is 1. The van der Waals surface area contributed by atoms with Crippen LogP contribution in [0.25, 0.3) is 0 Å². The Balaban J connectivity index is 0.00000264. The summed E-state index contributed by atoms with van der Waals surface area (Å²) in [4.78, 5) is 13.7. The van der Waals surface area contributed by atoms with Crippen molar-refractivity contribution in [1.82, 2.24) is 15.2 Å². The lowest BCUT2D eigenvalue weighted by Crippen LogP contribution is -2.46. The van der Waals surface area contributed by atoms with Gasteiger partial charge in [0.05, 0.1) is 6.54 Å². The molecule has 2 rings (SSSR count). The third kappa shape index (κ3) is 6.50. The number of hydrogen-bond donors (Lipinski definition) is 2. The number of pyridine rings is 1. The second kappa shape index (κ2) is 9.92. The summed E-state index contributed by atoms with van der Waals surface area (Å²) in [6.45, 7) is 12.3. The highest BCUT2D eigenvalue weighted by Crippen LogP contribution is 2.14. The average Bonchev–Trinajstić information content (AvgIpc) is 2.53. The van der Waals surface area contributed by atoms with Crippen molar-refractivity contribution < 1.29 is 0 Å². The van der Waals surface area contributed by atoms with E-state index in [1.165, 1.54) is 0 Å². The quantitative estimate of drug-likeness (QED) is 0.421. The smallest absolute Gasteiger partial charge is 0.189 e. The number of likely N-dealkylation sites (N-methyl/N-ethyl adjacent to an activating group) is 1. The predicted molar refractivity (Wildman–Crippen MR) is 108 cm³/mol. The van der Waals surface area contributed by atoms with Crippen LogP contribution in [0.5, 0.6) is 0 Å². The van der Waals surface area contributed by atoms with Crippen LogP contribution in [-0.2, 0) is 6.54 Å². The van der Waals surface area contributed by atoms with Gasteiger partial charge in [-0.3, -0.25) is 0 Å². The Labute approximate surface area is 156 Å². The molecule has 7 heteroatoms. The van der Waals surface area contributed by atoms with E-state index < -0.39 is 0 Å². The van der Waals surface area contributed by atoms with Crippen LogP contribution < -0.4 is 16.0 Å². The van der Waals surface area contributed by atoms with Gasteiger partial charge in [0.1, 0.15) is 5.82 Å². The van der Waals surface area contributed by atoms with Gasteiger partial charge >= 0.3 is 0 Å². The molecule has 0 atom stereocenters. The molecule has 1 saturated heterocycles. The molecule has 23 heavy (non-hydrogen) atoms. The standard InChI is InChI=1S/C16H28N6.HI/c1-4-21-7-9-22(10-8-21)15-6-5-14(11-18-15)12-19-16(17)20-13(2)3;/h5-6,11,13H,4,7-10,12H2,1-3H3,(H3,17,19,20);1H. The molecule has 0 amide bonds. The number of piperazine rings is 1. The molecule has 0 bridgehead atoms. The van der Waals surface area contributed by atoms with Gasteiger partial charge in [0.2, 0.25) is 0 Å². The zero-order chi connectivity index (χ0) is 15.9. The van der Waals surface area contributed by atoms with Crippen LogP contribution in [-0.4, -0.2) is 54.6 Å². The summed E-state index contributed by atoms with van der Waals surface area (Å²) >= 11 is 0. The first kappa shape index (κ1) is 20.0. The van der Waals surface area contributed by atoms with Crippen molar-refractivity contribution in [2.24, 2.45) is 10.7 Å². The van der Waals surface area contributed by atoms with Crippen molar-refractivity contribution in [3.63, 3.8) is 0 Å². The summed E-state index contributed by atoms with van der Waals surface area (Å²) in [7, 11) is 0. The highest BCUT2D eigenvalue weighted by Gasteiger charge is 2.16.